The van der Waals surface area contributed by atoms with Gasteiger partial charge in [0.25, 0.3) is 0 Å². The lowest BCUT2D eigenvalue weighted by Gasteiger charge is -2.21. The molecule has 438 valence electrons. The Morgan fingerprint density at radius 3 is 1.41 bits per heavy atom. The Balaban J connectivity index is 0.000000128. The van der Waals surface area contributed by atoms with E-state index in [9.17, 15) is 0 Å². The second-order valence-corrected chi connectivity index (χ2v) is 28.9. The Kier molecular flexibility index (Phi) is 11.4. The largest absolute Gasteiger partial charge is 0.437 e. The SMILES string of the molecule is c1ccc2c(c1)Sc1cccc(-c3nc(-n4c5ccccc5c5c6ccccc6c6c7ccccc7sc6c54)nc4oc5ccccc5c34)c1S2.c1cncc(-c2nc(-n3c4ccccc4c4c5ccccc5c5c6ccccc6sc5c43)nc3sc4ccccc4c23)c1. The normalized spacial score (nSPS) is 12.6. The molecule has 22 rings (SSSR count). The highest BCUT2D eigenvalue weighted by atomic mass is 32.2. The van der Waals surface area contributed by atoms with Gasteiger partial charge in [0, 0.05) is 116 Å². The zero-order valence-electron chi connectivity index (χ0n) is 49.4. The minimum Gasteiger partial charge on any atom is -0.437 e. The van der Waals surface area contributed by atoms with E-state index in [0.717, 1.165) is 71.2 Å². The number of pyridine rings is 1. The van der Waals surface area contributed by atoms with Gasteiger partial charge in [-0.2, -0.15) is 4.98 Å². The Labute approximate surface area is 554 Å². The van der Waals surface area contributed by atoms with Gasteiger partial charge >= 0.3 is 0 Å². The molecule has 8 nitrogen and oxygen atoms in total. The number of hydrogen-bond acceptors (Lipinski definition) is 11. The van der Waals surface area contributed by atoms with Gasteiger partial charge in [0.1, 0.15) is 10.4 Å². The first-order chi connectivity index (χ1) is 46.6. The summed E-state index contributed by atoms with van der Waals surface area (Å²) in [5.74, 6) is 1.28. The van der Waals surface area contributed by atoms with Crippen LogP contribution in [0.3, 0.4) is 0 Å². The summed E-state index contributed by atoms with van der Waals surface area (Å²) in [6, 6.07) is 88.5. The first kappa shape index (κ1) is 52.8. The van der Waals surface area contributed by atoms with Crippen LogP contribution < -0.4 is 0 Å². The van der Waals surface area contributed by atoms with Crippen LogP contribution in [0.2, 0.25) is 0 Å². The van der Waals surface area contributed by atoms with E-state index >= 15 is 0 Å². The summed E-state index contributed by atoms with van der Waals surface area (Å²) in [6.45, 7) is 0. The number of aromatic nitrogens is 7. The van der Waals surface area contributed by atoms with Gasteiger partial charge in [-0.1, -0.05) is 206 Å². The predicted octanol–water partition coefficient (Wildman–Crippen LogP) is 23.8. The molecule has 9 aromatic heterocycles. The Hall–Kier alpha value is -10.8. The van der Waals surface area contributed by atoms with Crippen molar-refractivity contribution in [2.45, 2.75) is 19.6 Å². The smallest absolute Gasteiger partial charge is 0.238 e. The first-order valence-electron chi connectivity index (χ1n) is 31.0. The number of furan rings is 1. The maximum atomic E-state index is 6.61. The van der Waals surface area contributed by atoms with Gasteiger partial charge in [-0.15, -0.1) is 34.0 Å². The van der Waals surface area contributed by atoms with Crippen LogP contribution in [-0.4, -0.2) is 34.1 Å². The molecule has 0 aliphatic carbocycles. The summed E-state index contributed by atoms with van der Waals surface area (Å²) in [6.07, 6.45) is 3.71. The second-order valence-electron chi connectivity index (χ2n) is 23.7. The summed E-state index contributed by atoms with van der Waals surface area (Å²) in [4.78, 5) is 32.1. The number of thiophene rings is 3. The van der Waals surface area contributed by atoms with Crippen LogP contribution in [0.1, 0.15) is 0 Å². The van der Waals surface area contributed by atoms with E-state index < -0.39 is 0 Å². The van der Waals surface area contributed by atoms with Gasteiger partial charge in [0.05, 0.1) is 48.2 Å². The minimum absolute atomic E-state index is 0.585. The Morgan fingerprint density at radius 1 is 0.330 bits per heavy atom. The molecular formula is C81H43N7OS5. The van der Waals surface area contributed by atoms with Crippen molar-refractivity contribution in [2.75, 3.05) is 0 Å². The third-order valence-corrected chi connectivity index (χ3v) is 24.6. The monoisotopic (exact) mass is 1290 g/mol. The first-order valence-corrected chi connectivity index (χ1v) is 35.1. The number of nitrogens with zero attached hydrogens (tertiary/aromatic N) is 7. The molecule has 94 heavy (non-hydrogen) atoms. The molecule has 0 saturated heterocycles. The van der Waals surface area contributed by atoms with Crippen LogP contribution in [0, 0.1) is 0 Å². The minimum atomic E-state index is 0.585. The van der Waals surface area contributed by atoms with Crippen molar-refractivity contribution in [3.05, 3.63) is 261 Å². The Bertz CT molecular complexity index is 6840. The van der Waals surface area contributed by atoms with E-state index in [4.69, 9.17) is 24.4 Å². The van der Waals surface area contributed by atoms with Crippen molar-refractivity contribution in [1.29, 1.82) is 0 Å². The molecular weight excluding hydrogens is 1250 g/mol. The molecule has 0 atom stereocenters. The van der Waals surface area contributed by atoms with Crippen LogP contribution in [0.25, 0.3) is 182 Å². The summed E-state index contributed by atoms with van der Waals surface area (Å²) in [5.41, 5.74) is 9.70. The molecule has 1 aliphatic rings. The number of rotatable bonds is 4. The third kappa shape index (κ3) is 7.60. The molecule has 1 aliphatic heterocycles. The molecule has 0 unspecified atom stereocenters. The average Bonchev–Trinajstić information content (AvgIpc) is 1.54. The van der Waals surface area contributed by atoms with Crippen molar-refractivity contribution in [2.24, 2.45) is 0 Å². The summed E-state index contributed by atoms with van der Waals surface area (Å²) in [7, 11) is 0. The lowest BCUT2D eigenvalue weighted by molar-refractivity contribution is 0.651. The molecule has 10 heterocycles. The van der Waals surface area contributed by atoms with E-state index in [1.807, 2.05) is 76.8 Å². The van der Waals surface area contributed by atoms with Crippen molar-refractivity contribution in [1.82, 2.24) is 34.1 Å². The molecule has 13 heteroatoms. The van der Waals surface area contributed by atoms with E-state index in [-0.39, 0.29) is 0 Å². The molecule has 0 N–H and O–H groups in total. The van der Waals surface area contributed by atoms with Crippen molar-refractivity contribution in [3.8, 4) is 34.4 Å². The van der Waals surface area contributed by atoms with Crippen LogP contribution >= 0.6 is 57.5 Å². The second kappa shape index (κ2) is 20.4. The molecule has 0 fully saturated rings. The third-order valence-electron chi connectivity index (χ3n) is 18.6. The predicted molar refractivity (Wildman–Crippen MR) is 397 cm³/mol. The molecule has 12 aromatic carbocycles. The summed E-state index contributed by atoms with van der Waals surface area (Å²) in [5, 5.41) is 19.2. The molecule has 0 amide bonds. The molecule has 0 saturated carbocycles. The highest BCUT2D eigenvalue weighted by Crippen LogP contribution is 2.54. The van der Waals surface area contributed by atoms with Crippen LogP contribution in [0.15, 0.2) is 285 Å². The standard InChI is InChI=1S/C44H23N3OS3.C37H20N4S2/c1-2-13-25-24(12-1)36-26-14-3-6-18-30(26)47(40(36)42-37(25)28-16-5-8-20-32(28)50-42)44-45-39(38-27-15-4-7-19-31(27)48-43(38)46-44)29-17-11-23-35-41(29)51-34-22-10-9-21-33(34)49-35;1-2-12-23-22(11-1)30-24-13-3-6-16-27(24)41(34(30)35-31(23)25-14-4-7-17-28(25)42-35)37-39-33(21-10-9-19-38-20-21)32-26-15-5-8-18-29(26)43-36(32)40-37/h1-23H;1-20H. The maximum absolute atomic E-state index is 6.61. The van der Waals surface area contributed by atoms with Gasteiger partial charge in [0.2, 0.25) is 17.6 Å². The zero-order valence-corrected chi connectivity index (χ0v) is 53.5. The number of para-hydroxylation sites is 3. The fourth-order valence-corrected chi connectivity index (χ4v) is 20.7. The maximum Gasteiger partial charge on any atom is 0.238 e. The van der Waals surface area contributed by atoms with Gasteiger partial charge in [-0.05, 0) is 88.3 Å². The van der Waals surface area contributed by atoms with Gasteiger partial charge in [0.15, 0.2) is 0 Å². The van der Waals surface area contributed by atoms with E-state index in [1.54, 1.807) is 11.3 Å². The van der Waals surface area contributed by atoms with Crippen LogP contribution in [0.5, 0.6) is 0 Å². The van der Waals surface area contributed by atoms with E-state index in [2.05, 4.69) is 245 Å². The number of hydrogen-bond donors (Lipinski definition) is 0. The lowest BCUT2D eigenvalue weighted by Crippen LogP contribution is -2.04. The van der Waals surface area contributed by atoms with Gasteiger partial charge in [-0.25, -0.2) is 15.0 Å². The van der Waals surface area contributed by atoms with E-state index in [0.29, 0.717) is 17.6 Å². The van der Waals surface area contributed by atoms with Crippen molar-refractivity contribution in [3.63, 3.8) is 0 Å². The molecule has 0 spiro atoms. The molecule has 0 bridgehead atoms. The van der Waals surface area contributed by atoms with Gasteiger partial charge in [-0.3, -0.25) is 14.1 Å². The molecule has 0 radical (unpaired) electrons. The van der Waals surface area contributed by atoms with Crippen LogP contribution in [-0.2, 0) is 0 Å². The average molecular weight is 1290 g/mol. The number of benzene rings is 12. The van der Waals surface area contributed by atoms with E-state index in [1.165, 1.54) is 113 Å². The highest BCUT2D eigenvalue weighted by molar-refractivity contribution is 8.05. The van der Waals surface area contributed by atoms with Crippen LogP contribution in [0.4, 0.5) is 0 Å². The quantitative estimate of drug-likeness (QED) is 0.172. The fourth-order valence-electron chi connectivity index (χ4n) is 14.7. The summed E-state index contributed by atoms with van der Waals surface area (Å²) < 4.78 is 17.4. The van der Waals surface area contributed by atoms with Crippen molar-refractivity contribution < 1.29 is 4.42 Å². The summed E-state index contributed by atoms with van der Waals surface area (Å²) >= 11 is 9.06. The topological polar surface area (TPSA) is 87.5 Å². The van der Waals surface area contributed by atoms with Crippen molar-refractivity contribution >= 4 is 205 Å². The fraction of sp³-hybridized carbons (Fsp3) is 0. The molecule has 21 aromatic rings. The zero-order chi connectivity index (χ0) is 61.3. The van der Waals surface area contributed by atoms with Gasteiger partial charge < -0.3 is 4.42 Å². The number of fused-ring (bicyclic) bond motifs is 28. The highest BCUT2D eigenvalue weighted by Gasteiger charge is 2.30. The lowest BCUT2D eigenvalue weighted by atomic mass is 9.99. The Morgan fingerprint density at radius 2 is 0.809 bits per heavy atom.